The maximum absolute atomic E-state index is 9.19. The molecule has 0 unspecified atom stereocenters. The Labute approximate surface area is 93.8 Å². The van der Waals surface area contributed by atoms with E-state index in [1.165, 1.54) is 5.56 Å². The number of benzene rings is 1. The number of aryl methyl sites for hydroxylation is 2. The Morgan fingerprint density at radius 3 is 2.69 bits per heavy atom. The first-order valence-electron chi connectivity index (χ1n) is 5.11. The molecule has 0 aliphatic carbocycles. The molecule has 1 aromatic heterocycles. The molecule has 1 N–H and O–H groups in total. The Hall–Kier alpha value is -1.86. The molecule has 0 radical (unpaired) electrons. The molecule has 2 aromatic rings. The molecule has 82 valence electrons. The summed E-state index contributed by atoms with van der Waals surface area (Å²) in [5.74, 6) is 0.543. The number of imidazole rings is 1. The Balaban J connectivity index is 2.75. The van der Waals surface area contributed by atoms with Crippen molar-refractivity contribution in [3.05, 3.63) is 29.1 Å². The number of fused-ring (bicyclic) bond motifs is 1. The summed E-state index contributed by atoms with van der Waals surface area (Å²) >= 11 is 0. The van der Waals surface area contributed by atoms with Gasteiger partial charge in [-0.2, -0.15) is 5.26 Å². The van der Waals surface area contributed by atoms with Crippen LogP contribution < -0.4 is 0 Å². The molecular weight excluding hydrogens is 202 g/mol. The molecular formula is C12H13N3O. The zero-order valence-corrected chi connectivity index (χ0v) is 9.36. The predicted octanol–water partition coefficient (Wildman–Crippen LogP) is 1.67. The second-order valence-electron chi connectivity index (χ2n) is 3.86. The van der Waals surface area contributed by atoms with Crippen LogP contribution in [0.4, 0.5) is 0 Å². The molecule has 0 atom stereocenters. The Morgan fingerprint density at radius 1 is 1.38 bits per heavy atom. The third-order valence-electron chi connectivity index (χ3n) is 2.81. The van der Waals surface area contributed by atoms with Crippen molar-refractivity contribution < 1.29 is 5.11 Å². The van der Waals surface area contributed by atoms with E-state index < -0.39 is 0 Å². The summed E-state index contributed by atoms with van der Waals surface area (Å²) in [4.78, 5) is 4.31. The van der Waals surface area contributed by atoms with Gasteiger partial charge >= 0.3 is 0 Å². The highest BCUT2D eigenvalue weighted by Crippen LogP contribution is 2.20. The molecule has 1 aromatic carbocycles. The van der Waals surface area contributed by atoms with Crippen molar-refractivity contribution in [2.75, 3.05) is 0 Å². The summed E-state index contributed by atoms with van der Waals surface area (Å²) in [6.07, 6.45) is 0. The van der Waals surface area contributed by atoms with E-state index in [1.54, 1.807) is 4.57 Å². The van der Waals surface area contributed by atoms with E-state index in [1.807, 2.05) is 26.0 Å². The zero-order chi connectivity index (χ0) is 11.7. The third kappa shape index (κ3) is 1.55. The van der Waals surface area contributed by atoms with Crippen LogP contribution in [0.3, 0.4) is 0 Å². The average Bonchev–Trinajstić information content (AvgIpc) is 2.58. The van der Waals surface area contributed by atoms with E-state index in [2.05, 4.69) is 11.1 Å². The lowest BCUT2D eigenvalue weighted by atomic mass is 10.1. The molecule has 0 saturated carbocycles. The van der Waals surface area contributed by atoms with Gasteiger partial charge in [0.25, 0.3) is 0 Å². The average molecular weight is 215 g/mol. The minimum atomic E-state index is -0.144. The van der Waals surface area contributed by atoms with Gasteiger partial charge in [-0.15, -0.1) is 0 Å². The molecule has 0 fully saturated rings. The van der Waals surface area contributed by atoms with E-state index in [0.717, 1.165) is 16.6 Å². The van der Waals surface area contributed by atoms with Crippen LogP contribution in [0.2, 0.25) is 0 Å². The second kappa shape index (κ2) is 3.95. The topological polar surface area (TPSA) is 61.8 Å². The molecule has 0 saturated heterocycles. The van der Waals surface area contributed by atoms with E-state index in [4.69, 9.17) is 5.26 Å². The van der Waals surface area contributed by atoms with E-state index in [0.29, 0.717) is 5.82 Å². The first kappa shape index (κ1) is 10.7. The molecule has 0 amide bonds. The van der Waals surface area contributed by atoms with Gasteiger partial charge in [0.2, 0.25) is 0 Å². The van der Waals surface area contributed by atoms with Crippen LogP contribution in [0, 0.1) is 25.2 Å². The Bertz CT molecular complexity index is 578. The third-order valence-corrected chi connectivity index (χ3v) is 2.81. The lowest BCUT2D eigenvalue weighted by Crippen LogP contribution is -2.02. The van der Waals surface area contributed by atoms with E-state index in [9.17, 15) is 5.11 Å². The summed E-state index contributed by atoms with van der Waals surface area (Å²) in [5.41, 5.74) is 4.07. The Morgan fingerprint density at radius 2 is 2.06 bits per heavy atom. The van der Waals surface area contributed by atoms with Gasteiger partial charge in [-0.25, -0.2) is 4.98 Å². The van der Waals surface area contributed by atoms with Crippen LogP contribution in [-0.4, -0.2) is 14.7 Å². The van der Waals surface area contributed by atoms with Crippen LogP contribution in [-0.2, 0) is 13.2 Å². The zero-order valence-electron chi connectivity index (χ0n) is 9.36. The molecule has 1 heterocycles. The quantitative estimate of drug-likeness (QED) is 0.828. The summed E-state index contributed by atoms with van der Waals surface area (Å²) in [6, 6.07) is 6.07. The van der Waals surface area contributed by atoms with Gasteiger partial charge < -0.3 is 9.67 Å². The minimum Gasteiger partial charge on any atom is -0.388 e. The minimum absolute atomic E-state index is 0.144. The van der Waals surface area contributed by atoms with Gasteiger partial charge in [0.1, 0.15) is 19.0 Å². The van der Waals surface area contributed by atoms with Crippen LogP contribution in [0.15, 0.2) is 12.1 Å². The second-order valence-corrected chi connectivity index (χ2v) is 3.86. The van der Waals surface area contributed by atoms with Crippen molar-refractivity contribution in [1.82, 2.24) is 9.55 Å². The van der Waals surface area contributed by atoms with Gasteiger partial charge in [-0.05, 0) is 37.1 Å². The number of nitriles is 1. The molecule has 2 rings (SSSR count). The monoisotopic (exact) mass is 215 g/mol. The van der Waals surface area contributed by atoms with Gasteiger partial charge in [-0.1, -0.05) is 0 Å². The summed E-state index contributed by atoms with van der Waals surface area (Å²) in [6.45, 7) is 4.12. The summed E-state index contributed by atoms with van der Waals surface area (Å²) in [7, 11) is 0. The van der Waals surface area contributed by atoms with Crippen molar-refractivity contribution >= 4 is 11.0 Å². The molecule has 16 heavy (non-hydrogen) atoms. The maximum Gasteiger partial charge on any atom is 0.136 e. The summed E-state index contributed by atoms with van der Waals surface area (Å²) < 4.78 is 1.75. The number of nitrogens with zero attached hydrogens (tertiary/aromatic N) is 3. The molecule has 4 heteroatoms. The fourth-order valence-corrected chi connectivity index (χ4v) is 1.80. The van der Waals surface area contributed by atoms with Crippen molar-refractivity contribution in [2.24, 2.45) is 0 Å². The van der Waals surface area contributed by atoms with Crippen LogP contribution in [0.25, 0.3) is 11.0 Å². The lowest BCUT2D eigenvalue weighted by Gasteiger charge is -2.03. The van der Waals surface area contributed by atoms with Crippen LogP contribution in [0.1, 0.15) is 17.0 Å². The predicted molar refractivity (Wildman–Crippen MR) is 60.7 cm³/mol. The maximum atomic E-state index is 9.19. The fraction of sp³-hybridized carbons (Fsp3) is 0.333. The van der Waals surface area contributed by atoms with Gasteiger partial charge in [-0.3, -0.25) is 0 Å². The van der Waals surface area contributed by atoms with Crippen molar-refractivity contribution in [3.63, 3.8) is 0 Å². The van der Waals surface area contributed by atoms with Gasteiger partial charge in [0, 0.05) is 0 Å². The van der Waals surface area contributed by atoms with Gasteiger partial charge in [0.15, 0.2) is 0 Å². The SMILES string of the molecule is Cc1cc2nc(CO)n(CC#N)c2cc1C. The molecule has 0 aliphatic heterocycles. The molecule has 0 spiro atoms. The smallest absolute Gasteiger partial charge is 0.136 e. The number of hydrogen-bond acceptors (Lipinski definition) is 3. The van der Waals surface area contributed by atoms with Crippen molar-refractivity contribution in [3.8, 4) is 6.07 Å². The molecule has 0 bridgehead atoms. The number of aromatic nitrogens is 2. The number of aliphatic hydroxyl groups is 1. The van der Waals surface area contributed by atoms with Crippen LogP contribution in [0.5, 0.6) is 0 Å². The van der Waals surface area contributed by atoms with Gasteiger partial charge in [0.05, 0.1) is 17.1 Å². The summed E-state index contributed by atoms with van der Waals surface area (Å²) in [5, 5.41) is 18.0. The van der Waals surface area contributed by atoms with Crippen molar-refractivity contribution in [2.45, 2.75) is 27.0 Å². The van der Waals surface area contributed by atoms with Crippen molar-refractivity contribution in [1.29, 1.82) is 5.26 Å². The molecule has 0 aliphatic rings. The highest BCUT2D eigenvalue weighted by Gasteiger charge is 2.10. The van der Waals surface area contributed by atoms with E-state index in [-0.39, 0.29) is 13.2 Å². The number of rotatable bonds is 2. The molecule has 4 nitrogen and oxygen atoms in total. The highest BCUT2D eigenvalue weighted by atomic mass is 16.3. The largest absolute Gasteiger partial charge is 0.388 e. The van der Waals surface area contributed by atoms with Crippen LogP contribution >= 0.6 is 0 Å². The first-order valence-corrected chi connectivity index (χ1v) is 5.11. The fourth-order valence-electron chi connectivity index (χ4n) is 1.80. The number of aliphatic hydroxyl groups excluding tert-OH is 1. The lowest BCUT2D eigenvalue weighted by molar-refractivity contribution is 0.267. The number of hydrogen-bond donors (Lipinski definition) is 1. The highest BCUT2D eigenvalue weighted by molar-refractivity contribution is 5.78. The normalized spacial score (nSPS) is 10.6. The first-order chi connectivity index (χ1) is 7.67. The standard InChI is InChI=1S/C12H13N3O/c1-8-5-10-11(6-9(8)2)15(4-3-13)12(7-16)14-10/h5-6,16H,4,7H2,1-2H3. The van der Waals surface area contributed by atoms with E-state index >= 15 is 0 Å². The Kier molecular flexibility index (Phi) is 2.63.